The van der Waals surface area contributed by atoms with Crippen molar-refractivity contribution in [2.75, 3.05) is 0 Å². The van der Waals surface area contributed by atoms with Gasteiger partial charge in [-0.2, -0.15) is 0 Å². The molecule has 0 spiro atoms. The molecule has 0 radical (unpaired) electrons. The monoisotopic (exact) mass is 266 g/mol. The summed E-state index contributed by atoms with van der Waals surface area (Å²) >= 11 is 0. The number of nitrogens with one attached hydrogen (secondary N) is 1. The summed E-state index contributed by atoms with van der Waals surface area (Å²) in [5.41, 5.74) is -0.0421. The molecule has 102 valence electrons. The Morgan fingerprint density at radius 1 is 1.53 bits per heavy atom. The molecule has 2 N–H and O–H groups in total. The maximum absolute atomic E-state index is 12.0. The Labute approximate surface area is 109 Å². The molecule has 0 aromatic carbocycles. The number of furan rings is 1. The van der Waals surface area contributed by atoms with Crippen molar-refractivity contribution in [3.63, 3.8) is 0 Å². The van der Waals surface area contributed by atoms with E-state index in [9.17, 15) is 14.4 Å². The van der Waals surface area contributed by atoms with Gasteiger partial charge >= 0.3 is 12.0 Å². The topological polar surface area (TPSA) is 99.8 Å². The molecule has 7 nitrogen and oxygen atoms in total. The van der Waals surface area contributed by atoms with Crippen molar-refractivity contribution in [3.05, 3.63) is 23.7 Å². The lowest BCUT2D eigenvalue weighted by Gasteiger charge is -2.11. The molecule has 1 saturated heterocycles. The summed E-state index contributed by atoms with van der Waals surface area (Å²) < 4.78 is 5.03. The van der Waals surface area contributed by atoms with E-state index in [2.05, 4.69) is 5.32 Å². The molecule has 2 heterocycles. The maximum Gasteiger partial charge on any atom is 0.339 e. The Morgan fingerprint density at radius 2 is 2.26 bits per heavy atom. The Kier molecular flexibility index (Phi) is 3.55. The van der Waals surface area contributed by atoms with Crippen LogP contribution in [0.4, 0.5) is 4.79 Å². The molecule has 1 atom stereocenters. The highest BCUT2D eigenvalue weighted by Gasteiger charge is 2.38. The van der Waals surface area contributed by atoms with E-state index in [4.69, 9.17) is 9.52 Å². The van der Waals surface area contributed by atoms with Gasteiger partial charge in [-0.25, -0.2) is 9.59 Å². The van der Waals surface area contributed by atoms with E-state index in [0.29, 0.717) is 6.42 Å². The number of imide groups is 1. The highest BCUT2D eigenvalue weighted by molar-refractivity contribution is 6.04. The zero-order valence-corrected chi connectivity index (χ0v) is 10.4. The molecule has 0 saturated carbocycles. The summed E-state index contributed by atoms with van der Waals surface area (Å²) in [5, 5.41) is 11.5. The highest BCUT2D eigenvalue weighted by Crippen LogP contribution is 2.18. The Morgan fingerprint density at radius 3 is 2.89 bits per heavy atom. The molecular weight excluding hydrogens is 252 g/mol. The summed E-state index contributed by atoms with van der Waals surface area (Å²) in [7, 11) is 0. The van der Waals surface area contributed by atoms with Crippen LogP contribution < -0.4 is 5.32 Å². The fourth-order valence-electron chi connectivity index (χ4n) is 2.01. The van der Waals surface area contributed by atoms with Crippen molar-refractivity contribution in [2.24, 2.45) is 0 Å². The molecule has 1 fully saturated rings. The zero-order valence-electron chi connectivity index (χ0n) is 10.4. The van der Waals surface area contributed by atoms with Crippen molar-refractivity contribution in [1.82, 2.24) is 10.2 Å². The number of aromatic carboxylic acids is 1. The van der Waals surface area contributed by atoms with E-state index in [-0.39, 0.29) is 23.8 Å². The first kappa shape index (κ1) is 13.1. The van der Waals surface area contributed by atoms with Crippen LogP contribution in [0, 0.1) is 0 Å². The number of hydrogen-bond donors (Lipinski definition) is 2. The lowest BCUT2D eigenvalue weighted by Crippen LogP contribution is -2.31. The highest BCUT2D eigenvalue weighted by atomic mass is 16.4. The number of carbonyl (C=O) groups excluding carboxylic acids is 2. The number of urea groups is 1. The van der Waals surface area contributed by atoms with Crippen LogP contribution in [0.5, 0.6) is 0 Å². The average molecular weight is 266 g/mol. The van der Waals surface area contributed by atoms with Crippen LogP contribution in [0.15, 0.2) is 16.7 Å². The van der Waals surface area contributed by atoms with Crippen molar-refractivity contribution in [2.45, 2.75) is 32.4 Å². The lowest BCUT2D eigenvalue weighted by atomic mass is 10.1. The van der Waals surface area contributed by atoms with Crippen LogP contribution in [0.25, 0.3) is 0 Å². The average Bonchev–Trinajstić information content (AvgIpc) is 2.91. The summed E-state index contributed by atoms with van der Waals surface area (Å²) in [6, 6.07) is 0.247. The second-order valence-corrected chi connectivity index (χ2v) is 4.28. The minimum Gasteiger partial charge on any atom is -0.478 e. The Bertz CT molecular complexity index is 522. The van der Waals surface area contributed by atoms with Crippen molar-refractivity contribution < 1.29 is 23.9 Å². The Hall–Kier alpha value is -2.31. The molecule has 1 aromatic heterocycles. The molecule has 19 heavy (non-hydrogen) atoms. The first-order valence-corrected chi connectivity index (χ1v) is 5.96. The predicted octanol–water partition coefficient (Wildman–Crippen LogP) is 1.20. The van der Waals surface area contributed by atoms with Gasteiger partial charge in [0.1, 0.15) is 17.4 Å². The van der Waals surface area contributed by atoms with Gasteiger partial charge in [-0.15, -0.1) is 0 Å². The SMILES string of the molecule is CCCC1NC(=O)N(Cc2occc2C(=O)O)C1=O. The van der Waals surface area contributed by atoms with Gasteiger partial charge in [-0.3, -0.25) is 9.69 Å². The molecule has 1 aliphatic rings. The molecule has 3 amide bonds. The van der Waals surface area contributed by atoms with Gasteiger partial charge < -0.3 is 14.8 Å². The minimum atomic E-state index is -1.15. The third kappa shape index (κ3) is 2.44. The van der Waals surface area contributed by atoms with Gasteiger partial charge in [0, 0.05) is 0 Å². The third-order valence-electron chi connectivity index (χ3n) is 2.96. The Balaban J connectivity index is 2.15. The lowest BCUT2D eigenvalue weighted by molar-refractivity contribution is -0.128. The molecular formula is C12H14N2O5. The molecule has 7 heteroatoms. The molecule has 1 unspecified atom stereocenters. The number of carboxylic acid groups (broad SMARTS) is 1. The van der Waals surface area contributed by atoms with Gasteiger partial charge in [-0.1, -0.05) is 13.3 Å². The third-order valence-corrected chi connectivity index (χ3v) is 2.96. The molecule has 0 aliphatic carbocycles. The summed E-state index contributed by atoms with van der Waals surface area (Å²) in [4.78, 5) is 35.5. The van der Waals surface area contributed by atoms with E-state index >= 15 is 0 Å². The van der Waals surface area contributed by atoms with E-state index in [1.807, 2.05) is 6.92 Å². The van der Waals surface area contributed by atoms with Crippen LogP contribution in [0.1, 0.15) is 35.9 Å². The fourth-order valence-corrected chi connectivity index (χ4v) is 2.01. The van der Waals surface area contributed by atoms with Gasteiger partial charge in [0.05, 0.1) is 12.8 Å². The molecule has 1 aromatic rings. The van der Waals surface area contributed by atoms with E-state index < -0.39 is 18.0 Å². The second kappa shape index (κ2) is 5.13. The van der Waals surface area contributed by atoms with Crippen molar-refractivity contribution >= 4 is 17.9 Å². The zero-order chi connectivity index (χ0) is 14.0. The predicted molar refractivity (Wildman–Crippen MR) is 63.4 cm³/mol. The van der Waals surface area contributed by atoms with Crippen molar-refractivity contribution in [3.8, 4) is 0 Å². The first-order valence-electron chi connectivity index (χ1n) is 5.96. The van der Waals surface area contributed by atoms with Gasteiger partial charge in [0.25, 0.3) is 5.91 Å². The largest absolute Gasteiger partial charge is 0.478 e. The number of rotatable bonds is 5. The molecule has 0 bridgehead atoms. The van der Waals surface area contributed by atoms with Gasteiger partial charge in [0.15, 0.2) is 0 Å². The van der Waals surface area contributed by atoms with Crippen LogP contribution in [0.3, 0.4) is 0 Å². The second-order valence-electron chi connectivity index (χ2n) is 4.28. The number of carboxylic acids is 1. The van der Waals surface area contributed by atoms with E-state index in [1.54, 1.807) is 0 Å². The standard InChI is InChI=1S/C12H14N2O5/c1-2-3-8-10(15)14(12(18)13-8)6-9-7(11(16)17)4-5-19-9/h4-5,8H,2-3,6H2,1H3,(H,13,18)(H,16,17). The number of carbonyl (C=O) groups is 3. The van der Waals surface area contributed by atoms with Crippen LogP contribution in [0.2, 0.25) is 0 Å². The van der Waals surface area contributed by atoms with E-state index in [1.165, 1.54) is 12.3 Å². The van der Waals surface area contributed by atoms with Crippen molar-refractivity contribution in [1.29, 1.82) is 0 Å². The smallest absolute Gasteiger partial charge is 0.339 e. The number of nitrogens with zero attached hydrogens (tertiary/aromatic N) is 1. The first-order chi connectivity index (χ1) is 9.04. The van der Waals surface area contributed by atoms with Gasteiger partial charge in [-0.05, 0) is 12.5 Å². The normalized spacial score (nSPS) is 18.8. The molecule has 2 rings (SSSR count). The minimum absolute atomic E-state index is 0.0421. The van der Waals surface area contributed by atoms with E-state index in [0.717, 1.165) is 11.3 Å². The van der Waals surface area contributed by atoms with Gasteiger partial charge in [0.2, 0.25) is 0 Å². The fraction of sp³-hybridized carbons (Fsp3) is 0.417. The van der Waals surface area contributed by atoms with Crippen LogP contribution >= 0.6 is 0 Å². The summed E-state index contributed by atoms with van der Waals surface area (Å²) in [6.07, 6.45) is 2.55. The quantitative estimate of drug-likeness (QED) is 0.780. The maximum atomic E-state index is 12.0. The van der Waals surface area contributed by atoms with Crippen LogP contribution in [-0.4, -0.2) is 34.0 Å². The number of amides is 3. The molecule has 1 aliphatic heterocycles. The summed E-state index contributed by atoms with van der Waals surface area (Å²) in [6.45, 7) is 1.75. The van der Waals surface area contributed by atoms with Crippen LogP contribution in [-0.2, 0) is 11.3 Å². The number of hydrogen-bond acceptors (Lipinski definition) is 4. The summed E-state index contributed by atoms with van der Waals surface area (Å²) in [5.74, 6) is -1.41.